The molecule has 2 rings (SSSR count). The molecule has 0 heterocycles. The number of rotatable bonds is 4. The molecule has 0 spiro atoms. The summed E-state index contributed by atoms with van der Waals surface area (Å²) in [5.74, 6) is 0.0220. The van der Waals surface area contributed by atoms with E-state index in [2.05, 4.69) is 5.32 Å². The minimum Gasteiger partial charge on any atom is -0.313 e. The highest BCUT2D eigenvalue weighted by atomic mass is 32.2. The molecular formula is C16H24FNO2S. The molecule has 1 aliphatic rings. The Morgan fingerprint density at radius 3 is 2.62 bits per heavy atom. The predicted octanol–water partition coefficient (Wildman–Crippen LogP) is 3.00. The molecule has 3 unspecified atom stereocenters. The number of hydrogen-bond donors (Lipinski definition) is 1. The highest BCUT2D eigenvalue weighted by Gasteiger charge is 2.33. The molecule has 21 heavy (non-hydrogen) atoms. The first-order valence-electron chi connectivity index (χ1n) is 7.45. The zero-order valence-electron chi connectivity index (χ0n) is 12.9. The number of sulfone groups is 1. The van der Waals surface area contributed by atoms with Gasteiger partial charge in [0.15, 0.2) is 0 Å². The van der Waals surface area contributed by atoms with Crippen LogP contribution in [0.5, 0.6) is 0 Å². The van der Waals surface area contributed by atoms with Crippen molar-refractivity contribution in [2.45, 2.75) is 43.9 Å². The van der Waals surface area contributed by atoms with Crippen molar-refractivity contribution in [3.05, 3.63) is 35.1 Å². The SMILES string of the molecule is CNC(c1ccc(C)c(F)c1)C1CCCC(S(C)(=O)=O)C1. The Kier molecular flexibility index (Phi) is 5.04. The van der Waals surface area contributed by atoms with Gasteiger partial charge in [-0.25, -0.2) is 12.8 Å². The zero-order valence-corrected chi connectivity index (χ0v) is 13.7. The molecular weight excluding hydrogens is 289 g/mol. The quantitative estimate of drug-likeness (QED) is 0.929. The second-order valence-electron chi connectivity index (χ2n) is 6.15. The van der Waals surface area contributed by atoms with Gasteiger partial charge in [-0.1, -0.05) is 18.6 Å². The van der Waals surface area contributed by atoms with E-state index in [0.29, 0.717) is 12.0 Å². The van der Waals surface area contributed by atoms with Gasteiger partial charge in [0.05, 0.1) is 5.25 Å². The summed E-state index contributed by atoms with van der Waals surface area (Å²) in [5, 5.41) is 2.98. The van der Waals surface area contributed by atoms with Crippen LogP contribution in [0.2, 0.25) is 0 Å². The van der Waals surface area contributed by atoms with Crippen LogP contribution in [0.4, 0.5) is 4.39 Å². The molecule has 3 atom stereocenters. The highest BCUT2D eigenvalue weighted by Crippen LogP contribution is 2.37. The van der Waals surface area contributed by atoms with Crippen molar-refractivity contribution >= 4 is 9.84 Å². The van der Waals surface area contributed by atoms with Gasteiger partial charge in [0, 0.05) is 12.3 Å². The third-order valence-electron chi connectivity index (χ3n) is 4.61. The molecule has 1 aromatic rings. The smallest absolute Gasteiger partial charge is 0.150 e. The Morgan fingerprint density at radius 1 is 1.33 bits per heavy atom. The van der Waals surface area contributed by atoms with E-state index in [4.69, 9.17) is 0 Å². The monoisotopic (exact) mass is 313 g/mol. The largest absolute Gasteiger partial charge is 0.313 e. The van der Waals surface area contributed by atoms with Crippen molar-refractivity contribution in [2.24, 2.45) is 5.92 Å². The highest BCUT2D eigenvalue weighted by molar-refractivity contribution is 7.91. The summed E-state index contributed by atoms with van der Waals surface area (Å²) in [6.07, 6.45) is 4.61. The van der Waals surface area contributed by atoms with Crippen LogP contribution in [0.1, 0.15) is 42.9 Å². The fourth-order valence-corrected chi connectivity index (χ4v) is 4.54. The molecule has 1 fully saturated rings. The van der Waals surface area contributed by atoms with Gasteiger partial charge in [-0.05, 0) is 56.3 Å². The normalized spacial score (nSPS) is 24.8. The minimum atomic E-state index is -3.00. The van der Waals surface area contributed by atoms with Crippen molar-refractivity contribution < 1.29 is 12.8 Å². The molecule has 0 bridgehead atoms. The van der Waals surface area contributed by atoms with Crippen LogP contribution in [0.3, 0.4) is 0 Å². The van der Waals surface area contributed by atoms with Gasteiger partial charge in [-0.3, -0.25) is 0 Å². The lowest BCUT2D eigenvalue weighted by Gasteiger charge is -2.34. The van der Waals surface area contributed by atoms with E-state index in [9.17, 15) is 12.8 Å². The molecule has 1 aliphatic carbocycles. The van der Waals surface area contributed by atoms with Gasteiger partial charge < -0.3 is 5.32 Å². The molecule has 0 saturated heterocycles. The van der Waals surface area contributed by atoms with E-state index < -0.39 is 9.84 Å². The second-order valence-corrected chi connectivity index (χ2v) is 8.48. The third kappa shape index (κ3) is 3.83. The Labute approximate surface area is 126 Å². The Balaban J connectivity index is 2.22. The fraction of sp³-hybridized carbons (Fsp3) is 0.625. The molecule has 1 N–H and O–H groups in total. The van der Waals surface area contributed by atoms with Gasteiger partial charge in [0.2, 0.25) is 0 Å². The van der Waals surface area contributed by atoms with E-state index in [-0.39, 0.29) is 23.0 Å². The molecule has 1 saturated carbocycles. The number of nitrogens with one attached hydrogen (secondary N) is 1. The number of aryl methyl sites for hydroxylation is 1. The summed E-state index contributed by atoms with van der Waals surface area (Å²) < 4.78 is 37.4. The van der Waals surface area contributed by atoms with Crippen molar-refractivity contribution in [3.8, 4) is 0 Å². The lowest BCUT2D eigenvalue weighted by atomic mass is 9.80. The fourth-order valence-electron chi connectivity index (χ4n) is 3.35. The van der Waals surface area contributed by atoms with E-state index >= 15 is 0 Å². The van der Waals surface area contributed by atoms with Gasteiger partial charge >= 0.3 is 0 Å². The third-order valence-corrected chi connectivity index (χ3v) is 6.25. The molecule has 0 amide bonds. The summed E-state index contributed by atoms with van der Waals surface area (Å²) >= 11 is 0. The Morgan fingerprint density at radius 2 is 2.05 bits per heavy atom. The Hall–Kier alpha value is -0.940. The molecule has 118 valence electrons. The van der Waals surface area contributed by atoms with Crippen molar-refractivity contribution in [3.63, 3.8) is 0 Å². The van der Waals surface area contributed by atoms with Crippen LogP contribution in [-0.2, 0) is 9.84 Å². The lowest BCUT2D eigenvalue weighted by molar-refractivity contribution is 0.282. The van der Waals surface area contributed by atoms with Gasteiger partial charge in [0.25, 0.3) is 0 Å². The molecule has 5 heteroatoms. The summed E-state index contributed by atoms with van der Waals surface area (Å²) in [4.78, 5) is 0. The predicted molar refractivity (Wildman–Crippen MR) is 83.5 cm³/mol. The van der Waals surface area contributed by atoms with Crippen LogP contribution < -0.4 is 5.32 Å². The van der Waals surface area contributed by atoms with E-state index in [0.717, 1.165) is 24.8 Å². The van der Waals surface area contributed by atoms with Crippen LogP contribution >= 0.6 is 0 Å². The minimum absolute atomic E-state index is 0.00431. The zero-order chi connectivity index (χ0) is 15.6. The number of hydrogen-bond acceptors (Lipinski definition) is 3. The van der Waals surface area contributed by atoms with Crippen LogP contribution in [0, 0.1) is 18.7 Å². The maximum Gasteiger partial charge on any atom is 0.150 e. The van der Waals surface area contributed by atoms with Gasteiger partial charge in [-0.15, -0.1) is 0 Å². The van der Waals surface area contributed by atoms with E-state index in [1.807, 2.05) is 13.1 Å². The maximum atomic E-state index is 13.8. The van der Waals surface area contributed by atoms with Crippen molar-refractivity contribution in [1.29, 1.82) is 0 Å². The number of halogens is 1. The average Bonchev–Trinajstić information content (AvgIpc) is 2.43. The first-order chi connectivity index (χ1) is 9.82. The first kappa shape index (κ1) is 16.4. The lowest BCUT2D eigenvalue weighted by Crippen LogP contribution is -2.34. The first-order valence-corrected chi connectivity index (χ1v) is 9.40. The number of benzene rings is 1. The molecule has 1 aromatic carbocycles. The van der Waals surface area contributed by atoms with Gasteiger partial charge in [-0.2, -0.15) is 0 Å². The average molecular weight is 313 g/mol. The van der Waals surface area contributed by atoms with E-state index in [1.54, 1.807) is 19.1 Å². The second kappa shape index (κ2) is 6.44. The topological polar surface area (TPSA) is 46.2 Å². The van der Waals surface area contributed by atoms with Crippen molar-refractivity contribution in [2.75, 3.05) is 13.3 Å². The molecule has 3 nitrogen and oxygen atoms in total. The molecule has 0 aliphatic heterocycles. The maximum absolute atomic E-state index is 13.8. The Bertz CT molecular complexity index is 600. The summed E-state index contributed by atoms with van der Waals surface area (Å²) in [5.41, 5.74) is 1.53. The van der Waals surface area contributed by atoms with Crippen LogP contribution in [0.15, 0.2) is 18.2 Å². The summed E-state index contributed by atoms with van der Waals surface area (Å²) in [6, 6.07) is 5.29. The van der Waals surface area contributed by atoms with Crippen LogP contribution in [-0.4, -0.2) is 27.0 Å². The molecule has 0 aromatic heterocycles. The standard InChI is InChI=1S/C16H24FNO2S/c1-11-7-8-13(10-15(11)17)16(18-2)12-5-4-6-14(9-12)21(3,19)20/h7-8,10,12,14,16,18H,4-6,9H2,1-3H3. The van der Waals surface area contributed by atoms with E-state index in [1.165, 1.54) is 6.26 Å². The van der Waals surface area contributed by atoms with Gasteiger partial charge in [0.1, 0.15) is 15.7 Å². The molecule has 0 radical (unpaired) electrons. The van der Waals surface area contributed by atoms with Crippen molar-refractivity contribution in [1.82, 2.24) is 5.32 Å². The van der Waals surface area contributed by atoms with Crippen LogP contribution in [0.25, 0.3) is 0 Å². The summed E-state index contributed by atoms with van der Waals surface area (Å²) in [7, 11) is -1.15. The summed E-state index contributed by atoms with van der Waals surface area (Å²) in [6.45, 7) is 1.74.